The van der Waals surface area contributed by atoms with Gasteiger partial charge in [0, 0.05) is 45.2 Å². The molecular formula is C13H24N4O3. The maximum atomic E-state index is 12.3. The van der Waals surface area contributed by atoms with E-state index in [-0.39, 0.29) is 24.4 Å². The molecule has 2 amide bonds. The van der Waals surface area contributed by atoms with Crippen LogP contribution in [-0.2, 0) is 14.3 Å². The largest absolute Gasteiger partial charge is 0.378 e. The summed E-state index contributed by atoms with van der Waals surface area (Å²) in [6.07, 6.45) is 1.36. The van der Waals surface area contributed by atoms with Crippen LogP contribution in [0.5, 0.6) is 0 Å². The molecule has 0 aromatic heterocycles. The summed E-state index contributed by atoms with van der Waals surface area (Å²) in [5.74, 6) is -0.151. The molecule has 0 saturated carbocycles. The summed E-state index contributed by atoms with van der Waals surface area (Å²) in [6, 6.07) is 0.126. The van der Waals surface area contributed by atoms with E-state index in [1.807, 2.05) is 9.80 Å². The monoisotopic (exact) mass is 284 g/mol. The standard InChI is InChI=1S/C13H24N4O3/c14-12(18)9-16-3-1-4-17(6-5-16)13(19)8-11-10-20-7-2-15-11/h11,15H,1-10H2,(H2,14,18). The smallest absolute Gasteiger partial charge is 0.231 e. The Bertz CT molecular complexity index is 345. The molecule has 2 rings (SSSR count). The Balaban J connectivity index is 1.77. The number of nitrogens with zero attached hydrogens (tertiary/aromatic N) is 2. The molecule has 0 aromatic rings. The molecule has 1 unspecified atom stereocenters. The van der Waals surface area contributed by atoms with Gasteiger partial charge < -0.3 is 20.7 Å². The summed E-state index contributed by atoms with van der Waals surface area (Å²) in [6.45, 7) is 5.36. The molecule has 2 aliphatic heterocycles. The van der Waals surface area contributed by atoms with Crippen LogP contribution in [0.25, 0.3) is 0 Å². The van der Waals surface area contributed by atoms with Crippen LogP contribution in [0.2, 0.25) is 0 Å². The summed E-state index contributed by atoms with van der Waals surface area (Å²) in [4.78, 5) is 27.1. The second-order valence-corrected chi connectivity index (χ2v) is 5.41. The van der Waals surface area contributed by atoms with Gasteiger partial charge in [0.05, 0.1) is 19.8 Å². The first-order chi connectivity index (χ1) is 9.65. The van der Waals surface area contributed by atoms with Crippen molar-refractivity contribution in [2.24, 2.45) is 5.73 Å². The van der Waals surface area contributed by atoms with E-state index in [0.29, 0.717) is 26.1 Å². The number of nitrogens with one attached hydrogen (secondary N) is 1. The Morgan fingerprint density at radius 2 is 2.10 bits per heavy atom. The molecule has 3 N–H and O–H groups in total. The van der Waals surface area contributed by atoms with Crippen LogP contribution < -0.4 is 11.1 Å². The Labute approximate surface area is 119 Å². The molecule has 2 aliphatic rings. The van der Waals surface area contributed by atoms with Gasteiger partial charge in [-0.05, 0) is 6.42 Å². The van der Waals surface area contributed by atoms with E-state index in [2.05, 4.69) is 5.32 Å². The van der Waals surface area contributed by atoms with E-state index in [4.69, 9.17) is 10.5 Å². The molecule has 20 heavy (non-hydrogen) atoms. The van der Waals surface area contributed by atoms with Crippen molar-refractivity contribution in [3.8, 4) is 0 Å². The van der Waals surface area contributed by atoms with Crippen molar-refractivity contribution in [3.63, 3.8) is 0 Å². The molecule has 2 heterocycles. The molecule has 7 nitrogen and oxygen atoms in total. The van der Waals surface area contributed by atoms with Gasteiger partial charge in [-0.3, -0.25) is 14.5 Å². The number of rotatable bonds is 4. The Morgan fingerprint density at radius 3 is 2.80 bits per heavy atom. The van der Waals surface area contributed by atoms with E-state index in [0.717, 1.165) is 32.7 Å². The number of carbonyl (C=O) groups excluding carboxylic acids is 2. The van der Waals surface area contributed by atoms with Crippen molar-refractivity contribution in [3.05, 3.63) is 0 Å². The second kappa shape index (κ2) is 7.56. The first kappa shape index (κ1) is 15.2. The Kier molecular flexibility index (Phi) is 5.75. The minimum absolute atomic E-state index is 0.126. The molecule has 114 valence electrons. The van der Waals surface area contributed by atoms with Crippen LogP contribution in [0.3, 0.4) is 0 Å². The van der Waals surface area contributed by atoms with Crippen molar-refractivity contribution in [2.75, 3.05) is 52.5 Å². The van der Waals surface area contributed by atoms with Crippen molar-refractivity contribution < 1.29 is 14.3 Å². The lowest BCUT2D eigenvalue weighted by Crippen LogP contribution is -2.45. The fourth-order valence-electron chi connectivity index (χ4n) is 2.69. The maximum Gasteiger partial charge on any atom is 0.231 e. The van der Waals surface area contributed by atoms with Crippen LogP contribution in [0.1, 0.15) is 12.8 Å². The number of morpholine rings is 1. The highest BCUT2D eigenvalue weighted by molar-refractivity contribution is 5.77. The fraction of sp³-hybridized carbons (Fsp3) is 0.846. The first-order valence-electron chi connectivity index (χ1n) is 7.24. The van der Waals surface area contributed by atoms with Crippen molar-refractivity contribution in [1.29, 1.82) is 0 Å². The zero-order valence-electron chi connectivity index (χ0n) is 11.8. The third kappa shape index (κ3) is 4.73. The zero-order valence-corrected chi connectivity index (χ0v) is 11.8. The minimum Gasteiger partial charge on any atom is -0.378 e. The summed E-state index contributed by atoms with van der Waals surface area (Å²) >= 11 is 0. The second-order valence-electron chi connectivity index (χ2n) is 5.41. The highest BCUT2D eigenvalue weighted by Gasteiger charge is 2.23. The molecule has 0 aliphatic carbocycles. The van der Waals surface area contributed by atoms with Gasteiger partial charge in [0.2, 0.25) is 11.8 Å². The van der Waals surface area contributed by atoms with E-state index < -0.39 is 0 Å². The lowest BCUT2D eigenvalue weighted by molar-refractivity contribution is -0.132. The van der Waals surface area contributed by atoms with Gasteiger partial charge in [-0.25, -0.2) is 0 Å². The molecular weight excluding hydrogens is 260 g/mol. The molecule has 0 aromatic carbocycles. The Hall–Kier alpha value is -1.18. The van der Waals surface area contributed by atoms with E-state index in [1.165, 1.54) is 0 Å². The average molecular weight is 284 g/mol. The van der Waals surface area contributed by atoms with Gasteiger partial charge in [0.1, 0.15) is 0 Å². The van der Waals surface area contributed by atoms with Gasteiger partial charge >= 0.3 is 0 Å². The fourth-order valence-corrected chi connectivity index (χ4v) is 2.69. The van der Waals surface area contributed by atoms with Crippen LogP contribution in [0.15, 0.2) is 0 Å². The molecule has 7 heteroatoms. The maximum absolute atomic E-state index is 12.3. The van der Waals surface area contributed by atoms with E-state index in [1.54, 1.807) is 0 Å². The lowest BCUT2D eigenvalue weighted by Gasteiger charge is -2.27. The molecule has 2 saturated heterocycles. The van der Waals surface area contributed by atoms with Gasteiger partial charge in [-0.15, -0.1) is 0 Å². The van der Waals surface area contributed by atoms with Crippen molar-refractivity contribution in [1.82, 2.24) is 15.1 Å². The minimum atomic E-state index is -0.312. The topological polar surface area (TPSA) is 87.9 Å². The number of amides is 2. The molecule has 0 radical (unpaired) electrons. The van der Waals surface area contributed by atoms with E-state index in [9.17, 15) is 9.59 Å². The molecule has 0 spiro atoms. The summed E-state index contributed by atoms with van der Waals surface area (Å²) in [5.41, 5.74) is 5.21. The first-order valence-corrected chi connectivity index (χ1v) is 7.24. The third-order valence-electron chi connectivity index (χ3n) is 3.74. The van der Waals surface area contributed by atoms with Crippen LogP contribution >= 0.6 is 0 Å². The van der Waals surface area contributed by atoms with E-state index >= 15 is 0 Å². The van der Waals surface area contributed by atoms with Crippen molar-refractivity contribution >= 4 is 11.8 Å². The summed E-state index contributed by atoms with van der Waals surface area (Å²) in [5, 5.41) is 3.30. The normalized spacial score (nSPS) is 25.2. The van der Waals surface area contributed by atoms with Crippen molar-refractivity contribution in [2.45, 2.75) is 18.9 Å². The zero-order chi connectivity index (χ0) is 14.4. The van der Waals surface area contributed by atoms with Crippen LogP contribution in [-0.4, -0.2) is 80.1 Å². The molecule has 1 atom stereocenters. The average Bonchev–Trinajstić information content (AvgIpc) is 2.65. The van der Waals surface area contributed by atoms with Gasteiger partial charge in [0.15, 0.2) is 0 Å². The summed E-state index contributed by atoms with van der Waals surface area (Å²) in [7, 11) is 0. The molecule has 0 bridgehead atoms. The number of ether oxygens (including phenoxy) is 1. The third-order valence-corrected chi connectivity index (χ3v) is 3.74. The van der Waals surface area contributed by atoms with Crippen LogP contribution in [0, 0.1) is 0 Å². The van der Waals surface area contributed by atoms with Gasteiger partial charge in [-0.2, -0.15) is 0 Å². The summed E-state index contributed by atoms with van der Waals surface area (Å²) < 4.78 is 5.36. The van der Waals surface area contributed by atoms with Gasteiger partial charge in [-0.1, -0.05) is 0 Å². The van der Waals surface area contributed by atoms with Crippen LogP contribution in [0.4, 0.5) is 0 Å². The lowest BCUT2D eigenvalue weighted by atomic mass is 10.1. The number of carbonyl (C=O) groups is 2. The highest BCUT2D eigenvalue weighted by atomic mass is 16.5. The SMILES string of the molecule is NC(=O)CN1CCCN(C(=O)CC2COCCN2)CC1. The number of primary amides is 1. The number of nitrogens with two attached hydrogens (primary N) is 1. The predicted octanol–water partition coefficient (Wildman–Crippen LogP) is -1.62. The number of hydrogen-bond donors (Lipinski definition) is 2. The molecule has 2 fully saturated rings. The Morgan fingerprint density at radius 1 is 1.25 bits per heavy atom. The highest BCUT2D eigenvalue weighted by Crippen LogP contribution is 2.07. The predicted molar refractivity (Wildman–Crippen MR) is 74.1 cm³/mol. The number of hydrogen-bond acceptors (Lipinski definition) is 5. The van der Waals surface area contributed by atoms with Gasteiger partial charge in [0.25, 0.3) is 0 Å². The quantitative estimate of drug-likeness (QED) is 0.648.